The predicted octanol–water partition coefficient (Wildman–Crippen LogP) is 4.46. The van der Waals surface area contributed by atoms with Crippen LogP contribution in [0.5, 0.6) is 0 Å². The number of esters is 1. The van der Waals surface area contributed by atoms with Gasteiger partial charge in [0.1, 0.15) is 12.4 Å². The summed E-state index contributed by atoms with van der Waals surface area (Å²) in [5.41, 5.74) is 2.46. The Morgan fingerprint density at radius 2 is 1.83 bits per heavy atom. The topological polar surface area (TPSA) is 55.8 Å². The minimum Gasteiger partial charge on any atom is -0.457 e. The van der Waals surface area contributed by atoms with Crippen LogP contribution in [-0.2, 0) is 25.7 Å². The summed E-state index contributed by atoms with van der Waals surface area (Å²) in [4.78, 5) is 27.4. The third kappa shape index (κ3) is 5.07. The van der Waals surface area contributed by atoms with Crippen molar-refractivity contribution in [2.45, 2.75) is 25.9 Å². The summed E-state index contributed by atoms with van der Waals surface area (Å²) in [6, 6.07) is 12.8. The fourth-order valence-corrected chi connectivity index (χ4v) is 3.65. The SMILES string of the molecule is COCCN1C(=O)CC(c2ccc(Cl)cc2)C(C(=O)OCc2ccc(F)cc2)=C1C. The average molecular weight is 432 g/mol. The summed E-state index contributed by atoms with van der Waals surface area (Å²) in [5.74, 6) is -1.38. The first-order valence-corrected chi connectivity index (χ1v) is 9.95. The first-order valence-electron chi connectivity index (χ1n) is 9.57. The van der Waals surface area contributed by atoms with Crippen LogP contribution < -0.4 is 0 Å². The molecule has 1 amide bonds. The smallest absolute Gasteiger partial charge is 0.336 e. The number of rotatable bonds is 7. The number of amides is 1. The van der Waals surface area contributed by atoms with Crippen molar-refractivity contribution in [1.29, 1.82) is 0 Å². The number of hydrogen-bond acceptors (Lipinski definition) is 4. The number of nitrogens with zero attached hydrogens (tertiary/aromatic N) is 1. The molecule has 0 aromatic heterocycles. The number of benzene rings is 2. The van der Waals surface area contributed by atoms with Gasteiger partial charge in [0.05, 0.1) is 12.2 Å². The minimum absolute atomic E-state index is 0.00918. The van der Waals surface area contributed by atoms with Crippen LogP contribution in [0, 0.1) is 5.82 Å². The zero-order chi connectivity index (χ0) is 21.7. The third-order valence-corrected chi connectivity index (χ3v) is 5.37. The first kappa shape index (κ1) is 22.0. The molecule has 0 N–H and O–H groups in total. The molecule has 5 nitrogen and oxygen atoms in total. The van der Waals surface area contributed by atoms with Crippen LogP contribution >= 0.6 is 11.6 Å². The zero-order valence-corrected chi connectivity index (χ0v) is 17.6. The summed E-state index contributed by atoms with van der Waals surface area (Å²) in [5, 5.41) is 0.573. The Labute approximate surface area is 180 Å². The summed E-state index contributed by atoms with van der Waals surface area (Å²) in [6.07, 6.45) is 0.143. The maximum absolute atomic E-state index is 13.1. The van der Waals surface area contributed by atoms with Crippen molar-refractivity contribution >= 4 is 23.5 Å². The third-order valence-electron chi connectivity index (χ3n) is 5.12. The molecule has 2 aromatic rings. The van der Waals surface area contributed by atoms with Gasteiger partial charge in [0, 0.05) is 36.7 Å². The largest absolute Gasteiger partial charge is 0.457 e. The van der Waals surface area contributed by atoms with Gasteiger partial charge in [-0.1, -0.05) is 35.9 Å². The molecule has 1 heterocycles. The minimum atomic E-state index is -0.508. The van der Waals surface area contributed by atoms with Gasteiger partial charge in [-0.2, -0.15) is 0 Å². The number of ether oxygens (including phenoxy) is 2. The van der Waals surface area contributed by atoms with Crippen LogP contribution in [-0.4, -0.2) is 37.0 Å². The quantitative estimate of drug-likeness (QED) is 0.607. The Morgan fingerprint density at radius 1 is 1.17 bits per heavy atom. The standard InChI is InChI=1S/C23H23ClFNO4/c1-15-22(23(28)30-14-16-3-9-19(25)10-4-16)20(17-5-7-18(24)8-6-17)13-21(27)26(15)11-12-29-2/h3-10,20H,11-14H2,1-2H3. The van der Waals surface area contributed by atoms with E-state index in [1.54, 1.807) is 43.2 Å². The Bertz CT molecular complexity index is 941. The van der Waals surface area contributed by atoms with Crippen LogP contribution in [0.15, 0.2) is 59.8 Å². The second-order valence-corrected chi connectivity index (χ2v) is 7.48. The van der Waals surface area contributed by atoms with Crippen molar-refractivity contribution in [2.24, 2.45) is 0 Å². The second-order valence-electron chi connectivity index (χ2n) is 7.05. The number of hydrogen-bond donors (Lipinski definition) is 0. The average Bonchev–Trinajstić information content (AvgIpc) is 2.73. The molecule has 0 spiro atoms. The normalized spacial score (nSPS) is 16.7. The molecule has 1 aliphatic rings. The summed E-state index contributed by atoms with van der Waals surface area (Å²) >= 11 is 6.00. The second kappa shape index (κ2) is 9.87. The van der Waals surface area contributed by atoms with E-state index < -0.39 is 11.9 Å². The molecule has 0 radical (unpaired) electrons. The highest BCUT2D eigenvalue weighted by molar-refractivity contribution is 6.30. The van der Waals surface area contributed by atoms with Gasteiger partial charge in [0.2, 0.25) is 5.91 Å². The lowest BCUT2D eigenvalue weighted by molar-refractivity contribution is -0.141. The molecule has 0 fully saturated rings. The van der Waals surface area contributed by atoms with Gasteiger partial charge in [0.15, 0.2) is 0 Å². The number of carbonyl (C=O) groups excluding carboxylic acids is 2. The lowest BCUT2D eigenvalue weighted by atomic mass is 9.83. The molecule has 0 saturated heterocycles. The van der Waals surface area contributed by atoms with Crippen LogP contribution in [0.1, 0.15) is 30.4 Å². The molecule has 1 atom stereocenters. The van der Waals surface area contributed by atoms with Gasteiger partial charge in [-0.25, -0.2) is 9.18 Å². The number of methoxy groups -OCH3 is 1. The summed E-state index contributed by atoms with van der Waals surface area (Å²) in [7, 11) is 1.56. The van der Waals surface area contributed by atoms with E-state index >= 15 is 0 Å². The van der Waals surface area contributed by atoms with Crippen molar-refractivity contribution in [3.8, 4) is 0 Å². The molecule has 7 heteroatoms. The number of carbonyl (C=O) groups is 2. The van der Waals surface area contributed by atoms with Crippen LogP contribution in [0.4, 0.5) is 4.39 Å². The molecule has 0 bridgehead atoms. The maximum atomic E-state index is 13.1. The van der Waals surface area contributed by atoms with Gasteiger partial charge < -0.3 is 14.4 Å². The highest BCUT2D eigenvalue weighted by atomic mass is 35.5. The van der Waals surface area contributed by atoms with Gasteiger partial charge in [-0.15, -0.1) is 0 Å². The van der Waals surface area contributed by atoms with Crippen LogP contribution in [0.3, 0.4) is 0 Å². The highest BCUT2D eigenvalue weighted by Gasteiger charge is 2.36. The molecule has 0 aliphatic carbocycles. The Morgan fingerprint density at radius 3 is 2.47 bits per heavy atom. The predicted molar refractivity (Wildman–Crippen MR) is 111 cm³/mol. The van der Waals surface area contributed by atoms with Crippen molar-refractivity contribution in [3.05, 3.63) is 81.8 Å². The van der Waals surface area contributed by atoms with E-state index in [0.717, 1.165) is 5.56 Å². The molecule has 0 saturated carbocycles. The first-order chi connectivity index (χ1) is 14.4. The Balaban J connectivity index is 1.90. The molecule has 2 aromatic carbocycles. The van der Waals surface area contributed by atoms with E-state index in [2.05, 4.69) is 0 Å². The lowest BCUT2D eigenvalue weighted by Gasteiger charge is -2.34. The molecule has 1 aliphatic heterocycles. The van der Waals surface area contributed by atoms with Crippen molar-refractivity contribution < 1.29 is 23.5 Å². The molecule has 30 heavy (non-hydrogen) atoms. The van der Waals surface area contributed by atoms with E-state index in [-0.39, 0.29) is 24.8 Å². The van der Waals surface area contributed by atoms with E-state index in [1.807, 2.05) is 12.1 Å². The maximum Gasteiger partial charge on any atom is 0.336 e. The van der Waals surface area contributed by atoms with Crippen molar-refractivity contribution in [1.82, 2.24) is 4.90 Å². The highest BCUT2D eigenvalue weighted by Crippen LogP contribution is 2.37. The summed E-state index contributed by atoms with van der Waals surface area (Å²) in [6.45, 7) is 2.45. The number of allylic oxidation sites excluding steroid dienone is 1. The fraction of sp³-hybridized carbons (Fsp3) is 0.304. The monoisotopic (exact) mass is 431 g/mol. The van der Waals surface area contributed by atoms with Gasteiger partial charge in [-0.3, -0.25) is 4.79 Å². The van der Waals surface area contributed by atoms with E-state index in [1.165, 1.54) is 12.1 Å². The Hall–Kier alpha value is -2.70. The van der Waals surface area contributed by atoms with E-state index in [9.17, 15) is 14.0 Å². The molecular weight excluding hydrogens is 409 g/mol. The molecule has 158 valence electrons. The van der Waals surface area contributed by atoms with Crippen LogP contribution in [0.25, 0.3) is 0 Å². The van der Waals surface area contributed by atoms with Crippen molar-refractivity contribution in [3.63, 3.8) is 0 Å². The van der Waals surface area contributed by atoms with E-state index in [0.29, 0.717) is 35.0 Å². The lowest BCUT2D eigenvalue weighted by Crippen LogP contribution is -2.40. The summed E-state index contributed by atoms with van der Waals surface area (Å²) < 4.78 is 23.7. The molecular formula is C23H23ClFNO4. The zero-order valence-electron chi connectivity index (χ0n) is 16.9. The van der Waals surface area contributed by atoms with E-state index in [4.69, 9.17) is 21.1 Å². The van der Waals surface area contributed by atoms with Crippen LogP contribution in [0.2, 0.25) is 5.02 Å². The molecule has 3 rings (SSSR count). The number of halogens is 2. The Kier molecular flexibility index (Phi) is 7.24. The van der Waals surface area contributed by atoms with Gasteiger partial charge in [-0.05, 0) is 42.3 Å². The van der Waals surface area contributed by atoms with Gasteiger partial charge in [0.25, 0.3) is 0 Å². The fourth-order valence-electron chi connectivity index (χ4n) is 3.52. The van der Waals surface area contributed by atoms with Gasteiger partial charge >= 0.3 is 5.97 Å². The molecule has 1 unspecified atom stereocenters. The van der Waals surface area contributed by atoms with Crippen molar-refractivity contribution in [2.75, 3.05) is 20.3 Å².